The molecule has 0 bridgehead atoms. The molecule has 7 heteroatoms. The summed E-state index contributed by atoms with van der Waals surface area (Å²) in [5, 5.41) is 5.01. The van der Waals surface area contributed by atoms with Gasteiger partial charge in [0.25, 0.3) is 11.5 Å². The Kier molecular flexibility index (Phi) is 3.63. The highest BCUT2D eigenvalue weighted by molar-refractivity contribution is 5.92. The molecule has 2 aromatic heterocycles. The number of carbonyl (C=O) groups excluding carboxylic acids is 1. The van der Waals surface area contributed by atoms with Crippen molar-refractivity contribution in [3.05, 3.63) is 57.9 Å². The van der Waals surface area contributed by atoms with Crippen LogP contribution in [0.25, 0.3) is 10.9 Å². The van der Waals surface area contributed by atoms with E-state index >= 15 is 0 Å². The second-order valence-electron chi connectivity index (χ2n) is 6.50. The Hall–Kier alpha value is -2.96. The van der Waals surface area contributed by atoms with Crippen molar-refractivity contribution >= 4 is 16.8 Å². The summed E-state index contributed by atoms with van der Waals surface area (Å²) in [5.41, 5.74) is 2.31. The number of benzene rings is 1. The number of aryl methyl sites for hydroxylation is 2. The number of H-pyrrole nitrogens is 1. The van der Waals surface area contributed by atoms with Crippen LogP contribution >= 0.6 is 0 Å². The Balaban J connectivity index is 1.60. The van der Waals surface area contributed by atoms with Crippen LogP contribution in [0, 0.1) is 13.8 Å². The number of para-hydroxylation sites is 1. The minimum atomic E-state index is -0.289. The fraction of sp³-hybridized carbons (Fsp3) is 0.333. The number of likely N-dealkylation sites (tertiary alicyclic amines) is 1. The van der Waals surface area contributed by atoms with Gasteiger partial charge in [-0.2, -0.15) is 5.10 Å². The lowest BCUT2D eigenvalue weighted by molar-refractivity contribution is 0.0775. The maximum atomic E-state index is 12.8. The molecule has 1 aliphatic heterocycles. The smallest absolute Gasteiger partial charge is 0.289 e. The Bertz CT molecular complexity index is 1020. The first kappa shape index (κ1) is 15.6. The number of nitrogens with one attached hydrogen (secondary N) is 1. The SMILES string of the molecule is Cc1cc(C)n(C2CCN(C(=O)c3nc4ccccc4c(=O)[nH]3)C2)n1. The van der Waals surface area contributed by atoms with Crippen LogP contribution in [0.4, 0.5) is 0 Å². The summed E-state index contributed by atoms with van der Waals surface area (Å²) in [4.78, 5) is 33.6. The quantitative estimate of drug-likeness (QED) is 0.773. The lowest BCUT2D eigenvalue weighted by Crippen LogP contribution is -2.32. The fourth-order valence-corrected chi connectivity index (χ4v) is 3.48. The zero-order valence-corrected chi connectivity index (χ0v) is 14.2. The maximum Gasteiger partial charge on any atom is 0.289 e. The van der Waals surface area contributed by atoms with Gasteiger partial charge in [-0.3, -0.25) is 14.3 Å². The van der Waals surface area contributed by atoms with Gasteiger partial charge in [0.1, 0.15) is 0 Å². The number of carbonyl (C=O) groups is 1. The van der Waals surface area contributed by atoms with Gasteiger partial charge in [-0.05, 0) is 38.5 Å². The fourth-order valence-electron chi connectivity index (χ4n) is 3.48. The average molecular weight is 337 g/mol. The van der Waals surface area contributed by atoms with Gasteiger partial charge >= 0.3 is 0 Å². The van der Waals surface area contributed by atoms with Crippen molar-refractivity contribution in [1.82, 2.24) is 24.6 Å². The van der Waals surface area contributed by atoms with Gasteiger partial charge < -0.3 is 9.88 Å². The molecule has 25 heavy (non-hydrogen) atoms. The van der Waals surface area contributed by atoms with Crippen LogP contribution in [0.3, 0.4) is 0 Å². The monoisotopic (exact) mass is 337 g/mol. The minimum absolute atomic E-state index is 0.0951. The molecule has 1 saturated heterocycles. The van der Waals surface area contributed by atoms with E-state index in [1.54, 1.807) is 29.2 Å². The molecular weight excluding hydrogens is 318 g/mol. The number of fused-ring (bicyclic) bond motifs is 1. The van der Waals surface area contributed by atoms with E-state index in [4.69, 9.17) is 0 Å². The average Bonchev–Trinajstić information content (AvgIpc) is 3.20. The largest absolute Gasteiger partial charge is 0.334 e. The summed E-state index contributed by atoms with van der Waals surface area (Å²) >= 11 is 0. The van der Waals surface area contributed by atoms with Crippen LogP contribution < -0.4 is 5.56 Å². The van der Waals surface area contributed by atoms with Crippen LogP contribution in [0.1, 0.15) is 34.5 Å². The van der Waals surface area contributed by atoms with Crippen molar-refractivity contribution in [2.75, 3.05) is 13.1 Å². The van der Waals surface area contributed by atoms with Crippen molar-refractivity contribution in [3.63, 3.8) is 0 Å². The van der Waals surface area contributed by atoms with E-state index < -0.39 is 0 Å². The molecule has 0 spiro atoms. The standard InChI is InChI=1S/C18H19N5O2/c1-11-9-12(2)23(21-11)13-7-8-22(10-13)18(25)16-19-15-6-4-3-5-14(15)17(24)20-16/h3-6,9,13H,7-8,10H2,1-2H3,(H,19,20,24). The number of aromatic nitrogens is 4. The summed E-state index contributed by atoms with van der Waals surface area (Å²) in [6.45, 7) is 5.17. The van der Waals surface area contributed by atoms with Crippen molar-refractivity contribution in [1.29, 1.82) is 0 Å². The maximum absolute atomic E-state index is 12.8. The Morgan fingerprint density at radius 2 is 2.08 bits per heavy atom. The van der Waals surface area contributed by atoms with Crippen molar-refractivity contribution in [2.45, 2.75) is 26.3 Å². The number of amides is 1. The molecule has 1 aromatic carbocycles. The molecule has 0 radical (unpaired) electrons. The Labute approximate surface area is 144 Å². The van der Waals surface area contributed by atoms with E-state index in [0.29, 0.717) is 24.0 Å². The topological polar surface area (TPSA) is 83.9 Å². The van der Waals surface area contributed by atoms with Gasteiger partial charge in [0.15, 0.2) is 5.82 Å². The normalized spacial score (nSPS) is 17.4. The van der Waals surface area contributed by atoms with Crippen LogP contribution in [0.2, 0.25) is 0 Å². The summed E-state index contributed by atoms with van der Waals surface area (Å²) in [5.74, 6) is -0.149. The van der Waals surface area contributed by atoms with Crippen molar-refractivity contribution < 1.29 is 4.79 Å². The molecule has 7 nitrogen and oxygen atoms in total. The summed E-state index contributed by atoms with van der Waals surface area (Å²) in [6, 6.07) is 9.21. The number of nitrogens with zero attached hydrogens (tertiary/aromatic N) is 4. The molecule has 3 aromatic rings. The predicted molar refractivity (Wildman–Crippen MR) is 93.6 cm³/mol. The van der Waals surface area contributed by atoms with Gasteiger partial charge in [0.05, 0.1) is 22.6 Å². The molecule has 1 fully saturated rings. The summed E-state index contributed by atoms with van der Waals surface area (Å²) in [6.07, 6.45) is 0.839. The van der Waals surface area contributed by atoms with E-state index in [1.165, 1.54) is 0 Å². The second kappa shape index (κ2) is 5.84. The number of hydrogen-bond donors (Lipinski definition) is 1. The molecule has 3 heterocycles. The first-order valence-corrected chi connectivity index (χ1v) is 8.34. The molecule has 4 rings (SSSR count). The molecule has 1 unspecified atom stereocenters. The molecule has 0 saturated carbocycles. The Morgan fingerprint density at radius 1 is 1.28 bits per heavy atom. The molecule has 1 atom stereocenters. The third-order valence-electron chi connectivity index (χ3n) is 4.66. The molecule has 1 amide bonds. The minimum Gasteiger partial charge on any atom is -0.334 e. The summed E-state index contributed by atoms with van der Waals surface area (Å²) < 4.78 is 1.99. The highest BCUT2D eigenvalue weighted by atomic mass is 16.2. The van der Waals surface area contributed by atoms with E-state index in [-0.39, 0.29) is 23.3 Å². The van der Waals surface area contributed by atoms with Gasteiger partial charge in [-0.1, -0.05) is 12.1 Å². The third kappa shape index (κ3) is 2.71. The van der Waals surface area contributed by atoms with Gasteiger partial charge in [-0.25, -0.2) is 4.98 Å². The highest BCUT2D eigenvalue weighted by Crippen LogP contribution is 2.24. The van der Waals surface area contributed by atoms with Gasteiger partial charge in [0.2, 0.25) is 0 Å². The molecular formula is C18H19N5O2. The lowest BCUT2D eigenvalue weighted by atomic mass is 10.2. The molecule has 128 valence electrons. The second-order valence-corrected chi connectivity index (χ2v) is 6.50. The van der Waals surface area contributed by atoms with E-state index in [9.17, 15) is 9.59 Å². The van der Waals surface area contributed by atoms with E-state index in [1.807, 2.05) is 24.6 Å². The van der Waals surface area contributed by atoms with Crippen LogP contribution in [-0.2, 0) is 0 Å². The van der Waals surface area contributed by atoms with Gasteiger partial charge in [-0.15, -0.1) is 0 Å². The number of aromatic amines is 1. The third-order valence-corrected chi connectivity index (χ3v) is 4.66. The Morgan fingerprint density at radius 3 is 2.84 bits per heavy atom. The molecule has 1 aliphatic rings. The number of hydrogen-bond acceptors (Lipinski definition) is 4. The zero-order valence-electron chi connectivity index (χ0n) is 14.2. The van der Waals surface area contributed by atoms with Crippen molar-refractivity contribution in [3.8, 4) is 0 Å². The zero-order chi connectivity index (χ0) is 17.6. The number of rotatable bonds is 2. The highest BCUT2D eigenvalue weighted by Gasteiger charge is 2.30. The lowest BCUT2D eigenvalue weighted by Gasteiger charge is -2.17. The molecule has 1 N–H and O–H groups in total. The van der Waals surface area contributed by atoms with Crippen LogP contribution in [0.15, 0.2) is 35.1 Å². The molecule has 0 aliphatic carbocycles. The van der Waals surface area contributed by atoms with Gasteiger partial charge in [0, 0.05) is 18.8 Å². The van der Waals surface area contributed by atoms with E-state index in [2.05, 4.69) is 15.1 Å². The van der Waals surface area contributed by atoms with Crippen molar-refractivity contribution in [2.24, 2.45) is 0 Å². The predicted octanol–water partition coefficient (Wildman–Crippen LogP) is 1.82. The van der Waals surface area contributed by atoms with Crippen LogP contribution in [-0.4, -0.2) is 43.6 Å². The van der Waals surface area contributed by atoms with E-state index in [0.717, 1.165) is 17.8 Å². The van der Waals surface area contributed by atoms with Crippen LogP contribution in [0.5, 0.6) is 0 Å². The summed E-state index contributed by atoms with van der Waals surface area (Å²) in [7, 11) is 0. The first-order valence-electron chi connectivity index (χ1n) is 8.34. The first-order chi connectivity index (χ1) is 12.0.